The molecule has 7 heteroatoms. The van der Waals surface area contributed by atoms with E-state index >= 15 is 0 Å². The van der Waals surface area contributed by atoms with Crippen molar-refractivity contribution in [3.8, 4) is 5.75 Å². The molecular formula is C28H30N2O4S. The Labute approximate surface area is 208 Å². The molecule has 0 saturated heterocycles. The number of methoxy groups -OCH3 is 1. The molecule has 0 aliphatic carbocycles. The van der Waals surface area contributed by atoms with E-state index < -0.39 is 12.0 Å². The van der Waals surface area contributed by atoms with E-state index in [1.165, 1.54) is 16.9 Å². The van der Waals surface area contributed by atoms with E-state index in [0.29, 0.717) is 26.5 Å². The Morgan fingerprint density at radius 3 is 2.51 bits per heavy atom. The van der Waals surface area contributed by atoms with Crippen LogP contribution in [0.3, 0.4) is 0 Å². The summed E-state index contributed by atoms with van der Waals surface area (Å²) in [6.07, 6.45) is 1.84. The van der Waals surface area contributed by atoms with Crippen LogP contribution in [0.25, 0.3) is 6.08 Å². The van der Waals surface area contributed by atoms with E-state index in [-0.39, 0.29) is 12.2 Å². The first kappa shape index (κ1) is 24.7. The molecule has 0 N–H and O–H groups in total. The number of esters is 1. The van der Waals surface area contributed by atoms with Crippen LogP contribution in [0.15, 0.2) is 63.5 Å². The molecule has 1 aliphatic heterocycles. The molecule has 35 heavy (non-hydrogen) atoms. The highest BCUT2D eigenvalue weighted by Crippen LogP contribution is 2.31. The third-order valence-corrected chi connectivity index (χ3v) is 7.15. The minimum Gasteiger partial charge on any atom is -0.496 e. The van der Waals surface area contributed by atoms with Crippen LogP contribution in [0.4, 0.5) is 0 Å². The minimum absolute atomic E-state index is 0.194. The molecule has 0 amide bonds. The summed E-state index contributed by atoms with van der Waals surface area (Å²) in [7, 11) is 1.63. The van der Waals surface area contributed by atoms with Gasteiger partial charge >= 0.3 is 5.97 Å². The Bertz CT molecular complexity index is 1480. The van der Waals surface area contributed by atoms with Gasteiger partial charge in [-0.3, -0.25) is 9.36 Å². The molecule has 0 fully saturated rings. The molecule has 182 valence electrons. The molecule has 0 radical (unpaired) electrons. The number of hydrogen-bond donors (Lipinski definition) is 0. The molecule has 0 unspecified atom stereocenters. The van der Waals surface area contributed by atoms with Crippen molar-refractivity contribution in [1.29, 1.82) is 0 Å². The van der Waals surface area contributed by atoms with Crippen molar-refractivity contribution in [3.05, 3.63) is 95.7 Å². The summed E-state index contributed by atoms with van der Waals surface area (Å²) in [5.74, 6) is 0.679. The van der Waals surface area contributed by atoms with Gasteiger partial charge in [-0.25, -0.2) is 9.79 Å². The molecule has 6 nitrogen and oxygen atoms in total. The van der Waals surface area contributed by atoms with Crippen LogP contribution in [0, 0.1) is 6.92 Å². The molecule has 3 aromatic rings. The van der Waals surface area contributed by atoms with E-state index in [1.807, 2.05) is 55.5 Å². The monoisotopic (exact) mass is 490 g/mol. The number of rotatable bonds is 6. The number of aryl methyl sites for hydroxylation is 1. The first-order chi connectivity index (χ1) is 16.7. The van der Waals surface area contributed by atoms with Crippen LogP contribution < -0.4 is 19.6 Å². The van der Waals surface area contributed by atoms with Gasteiger partial charge in [-0.05, 0) is 61.1 Å². The van der Waals surface area contributed by atoms with Crippen LogP contribution in [-0.2, 0) is 9.53 Å². The second-order valence-electron chi connectivity index (χ2n) is 8.85. The molecule has 1 aromatic heterocycles. The summed E-state index contributed by atoms with van der Waals surface area (Å²) in [6.45, 7) is 10.0. The molecule has 2 aromatic carbocycles. The number of fused-ring (bicyclic) bond motifs is 1. The molecule has 1 aliphatic rings. The molecule has 0 bridgehead atoms. The average Bonchev–Trinajstić information content (AvgIpc) is 3.13. The van der Waals surface area contributed by atoms with Crippen molar-refractivity contribution in [2.24, 2.45) is 4.99 Å². The Morgan fingerprint density at radius 2 is 1.89 bits per heavy atom. The van der Waals surface area contributed by atoms with E-state index in [4.69, 9.17) is 9.47 Å². The fourth-order valence-corrected chi connectivity index (χ4v) is 5.29. The van der Waals surface area contributed by atoms with Crippen molar-refractivity contribution < 1.29 is 14.3 Å². The van der Waals surface area contributed by atoms with Crippen LogP contribution in [-0.4, -0.2) is 24.3 Å². The third kappa shape index (κ3) is 4.73. The standard InChI is InChI=1S/C28H30N2O4S/c1-7-34-27(32)24-18(5)29-28-30(25(24)21-12-10-20(11-13-21)16(2)3)26(31)23(35-28)15-19-9-8-17(4)22(14-19)33-6/h8-16,25H,7H2,1-6H3/b23-15-/t25-/m1/s1. The van der Waals surface area contributed by atoms with E-state index in [1.54, 1.807) is 25.5 Å². The Kier molecular flexibility index (Phi) is 7.08. The fourth-order valence-electron chi connectivity index (χ4n) is 4.25. The van der Waals surface area contributed by atoms with Crippen molar-refractivity contribution in [2.45, 2.75) is 46.6 Å². The lowest BCUT2D eigenvalue weighted by Gasteiger charge is -2.25. The van der Waals surface area contributed by atoms with Crippen LogP contribution in [0.2, 0.25) is 0 Å². The van der Waals surface area contributed by atoms with Crippen molar-refractivity contribution in [2.75, 3.05) is 13.7 Å². The molecule has 0 saturated carbocycles. The van der Waals surface area contributed by atoms with Gasteiger partial charge < -0.3 is 9.47 Å². The highest BCUT2D eigenvalue weighted by atomic mass is 32.1. The van der Waals surface area contributed by atoms with E-state index in [2.05, 4.69) is 18.8 Å². The third-order valence-electron chi connectivity index (χ3n) is 6.17. The van der Waals surface area contributed by atoms with E-state index in [9.17, 15) is 9.59 Å². The van der Waals surface area contributed by atoms with Gasteiger partial charge in [0.1, 0.15) is 5.75 Å². The van der Waals surface area contributed by atoms with Crippen LogP contribution >= 0.6 is 11.3 Å². The molecule has 0 spiro atoms. The number of carbonyl (C=O) groups excluding carboxylic acids is 1. The zero-order valence-electron chi connectivity index (χ0n) is 20.9. The summed E-state index contributed by atoms with van der Waals surface area (Å²) < 4.78 is 13.0. The summed E-state index contributed by atoms with van der Waals surface area (Å²) >= 11 is 1.31. The molecule has 1 atom stereocenters. The molecule has 2 heterocycles. The van der Waals surface area contributed by atoms with Gasteiger partial charge in [0, 0.05) is 0 Å². The van der Waals surface area contributed by atoms with Gasteiger partial charge in [0.15, 0.2) is 4.80 Å². The first-order valence-corrected chi connectivity index (χ1v) is 12.5. The van der Waals surface area contributed by atoms with Crippen molar-refractivity contribution >= 4 is 23.4 Å². The van der Waals surface area contributed by atoms with Gasteiger partial charge in [-0.1, -0.05) is 61.6 Å². The Morgan fingerprint density at radius 1 is 1.17 bits per heavy atom. The lowest BCUT2D eigenvalue weighted by atomic mass is 9.93. The van der Waals surface area contributed by atoms with Crippen molar-refractivity contribution in [3.63, 3.8) is 0 Å². The number of allylic oxidation sites excluding steroid dienone is 1. The van der Waals surface area contributed by atoms with Gasteiger partial charge in [0.2, 0.25) is 0 Å². The summed E-state index contributed by atoms with van der Waals surface area (Å²) in [5.41, 5.74) is 4.67. The number of hydrogen-bond acceptors (Lipinski definition) is 6. The maximum Gasteiger partial charge on any atom is 0.338 e. The predicted molar refractivity (Wildman–Crippen MR) is 139 cm³/mol. The summed E-state index contributed by atoms with van der Waals surface area (Å²) in [4.78, 5) is 31.9. The average molecular weight is 491 g/mol. The number of ether oxygens (including phenoxy) is 2. The van der Waals surface area contributed by atoms with Gasteiger partial charge in [-0.15, -0.1) is 0 Å². The number of carbonyl (C=O) groups is 1. The zero-order valence-corrected chi connectivity index (χ0v) is 21.7. The van der Waals surface area contributed by atoms with Crippen LogP contribution in [0.5, 0.6) is 5.75 Å². The largest absolute Gasteiger partial charge is 0.496 e. The second kappa shape index (κ2) is 10.0. The van der Waals surface area contributed by atoms with Gasteiger partial charge in [0.25, 0.3) is 5.56 Å². The zero-order chi connectivity index (χ0) is 25.3. The number of thiazole rings is 1. The topological polar surface area (TPSA) is 69.9 Å². The number of nitrogens with zero attached hydrogens (tertiary/aromatic N) is 2. The van der Waals surface area contributed by atoms with E-state index in [0.717, 1.165) is 22.4 Å². The normalized spacial score (nSPS) is 15.7. The molecule has 4 rings (SSSR count). The first-order valence-electron chi connectivity index (χ1n) is 11.7. The molecular weight excluding hydrogens is 460 g/mol. The highest BCUT2D eigenvalue weighted by Gasteiger charge is 2.33. The van der Waals surface area contributed by atoms with Gasteiger partial charge in [0.05, 0.1) is 35.6 Å². The lowest BCUT2D eigenvalue weighted by molar-refractivity contribution is -0.139. The maximum absolute atomic E-state index is 13.7. The summed E-state index contributed by atoms with van der Waals surface area (Å²) in [6, 6.07) is 13.3. The Balaban J connectivity index is 1.92. The minimum atomic E-state index is -0.610. The smallest absolute Gasteiger partial charge is 0.338 e. The second-order valence-corrected chi connectivity index (χ2v) is 9.86. The predicted octanol–water partition coefficient (Wildman–Crippen LogP) is 4.24. The van der Waals surface area contributed by atoms with Gasteiger partial charge in [-0.2, -0.15) is 0 Å². The highest BCUT2D eigenvalue weighted by molar-refractivity contribution is 7.07. The number of benzene rings is 2. The Hall–Kier alpha value is -3.45. The maximum atomic E-state index is 13.7. The SMILES string of the molecule is CCOC(=O)C1=C(C)N=c2s/c(=C\c3ccc(C)c(OC)c3)c(=O)n2[C@@H]1c1ccc(C(C)C)cc1. The number of aromatic nitrogens is 1. The quantitative estimate of drug-likeness (QED) is 0.485. The van der Waals surface area contributed by atoms with Crippen molar-refractivity contribution in [1.82, 2.24) is 4.57 Å². The lowest BCUT2D eigenvalue weighted by Crippen LogP contribution is -2.39. The summed E-state index contributed by atoms with van der Waals surface area (Å²) in [5, 5.41) is 0. The van der Waals surface area contributed by atoms with Crippen LogP contribution in [0.1, 0.15) is 61.9 Å². The fraction of sp³-hybridized carbons (Fsp3) is 0.321.